The van der Waals surface area contributed by atoms with E-state index < -0.39 is 0 Å². The molecule has 3 rings (SSSR count). The fourth-order valence-electron chi connectivity index (χ4n) is 3.67. The van der Waals surface area contributed by atoms with E-state index in [0.29, 0.717) is 19.1 Å². The lowest BCUT2D eigenvalue weighted by Gasteiger charge is -2.35. The molecule has 0 bridgehead atoms. The van der Waals surface area contributed by atoms with Gasteiger partial charge in [-0.1, -0.05) is 19.1 Å². The Bertz CT molecular complexity index is 738. The second kappa shape index (κ2) is 8.23. The van der Waals surface area contributed by atoms with Gasteiger partial charge in [0.2, 0.25) is 5.91 Å². The molecular formula is C21H29N3OS. The molecule has 2 aromatic rings. The highest BCUT2D eigenvalue weighted by molar-refractivity contribution is 7.10. The SMILES string of the molecule is CCC1c2ccsc2CCN1CC(=O)N(C)Cc1ccc(N(C)C)cc1. The van der Waals surface area contributed by atoms with Crippen LogP contribution < -0.4 is 4.90 Å². The highest BCUT2D eigenvalue weighted by Gasteiger charge is 2.28. The maximum Gasteiger partial charge on any atom is 0.236 e. The van der Waals surface area contributed by atoms with Gasteiger partial charge < -0.3 is 9.80 Å². The van der Waals surface area contributed by atoms with Gasteiger partial charge in [0.05, 0.1) is 6.54 Å². The first kappa shape index (κ1) is 18.9. The van der Waals surface area contributed by atoms with Crippen LogP contribution in [0.2, 0.25) is 0 Å². The third-order valence-corrected chi connectivity index (χ3v) is 6.23. The number of fused-ring (bicyclic) bond motifs is 1. The zero-order valence-electron chi connectivity index (χ0n) is 16.2. The molecule has 4 nitrogen and oxygen atoms in total. The predicted molar refractivity (Wildman–Crippen MR) is 110 cm³/mol. The minimum Gasteiger partial charge on any atom is -0.378 e. The smallest absolute Gasteiger partial charge is 0.236 e. The van der Waals surface area contributed by atoms with Gasteiger partial charge in [-0.05, 0) is 47.5 Å². The Morgan fingerprint density at radius 3 is 2.58 bits per heavy atom. The molecule has 5 heteroatoms. The molecule has 0 radical (unpaired) electrons. The van der Waals surface area contributed by atoms with Crippen molar-refractivity contribution in [2.24, 2.45) is 0 Å². The molecule has 1 aromatic heterocycles. The molecule has 0 N–H and O–H groups in total. The molecule has 0 saturated carbocycles. The van der Waals surface area contributed by atoms with E-state index in [9.17, 15) is 4.79 Å². The second-order valence-electron chi connectivity index (χ2n) is 7.25. The lowest BCUT2D eigenvalue weighted by atomic mass is 9.98. The number of nitrogens with zero attached hydrogens (tertiary/aromatic N) is 3. The molecule has 2 heterocycles. The molecule has 140 valence electrons. The van der Waals surface area contributed by atoms with Crippen molar-refractivity contribution in [3.8, 4) is 0 Å². The molecule has 0 saturated heterocycles. The van der Waals surface area contributed by atoms with Crippen molar-refractivity contribution in [1.29, 1.82) is 0 Å². The van der Waals surface area contributed by atoms with Gasteiger partial charge >= 0.3 is 0 Å². The van der Waals surface area contributed by atoms with Crippen LogP contribution in [0.1, 0.15) is 35.4 Å². The standard InChI is InChI=1S/C21H29N3OS/c1-5-19-18-11-13-26-20(18)10-12-24(19)15-21(25)23(4)14-16-6-8-17(9-7-16)22(2)3/h6-9,11,13,19H,5,10,12,14-15H2,1-4H3. The number of carbonyl (C=O) groups is 1. The van der Waals surface area contributed by atoms with Gasteiger partial charge in [-0.2, -0.15) is 0 Å². The van der Waals surface area contributed by atoms with Crippen LogP contribution >= 0.6 is 11.3 Å². The molecule has 1 unspecified atom stereocenters. The van der Waals surface area contributed by atoms with E-state index in [1.54, 1.807) is 0 Å². The number of hydrogen-bond acceptors (Lipinski definition) is 4. The van der Waals surface area contributed by atoms with Gasteiger partial charge in [-0.3, -0.25) is 9.69 Å². The Kier molecular flexibility index (Phi) is 5.99. The Labute approximate surface area is 161 Å². The summed E-state index contributed by atoms with van der Waals surface area (Å²) in [5, 5.41) is 2.18. The first-order chi connectivity index (χ1) is 12.5. The molecule has 1 atom stereocenters. The predicted octanol–water partition coefficient (Wildman–Crippen LogP) is 3.78. The van der Waals surface area contributed by atoms with Crippen molar-refractivity contribution < 1.29 is 4.79 Å². The molecule has 1 aromatic carbocycles. The highest BCUT2D eigenvalue weighted by Crippen LogP contribution is 2.34. The van der Waals surface area contributed by atoms with Crippen molar-refractivity contribution in [3.63, 3.8) is 0 Å². The Morgan fingerprint density at radius 1 is 1.19 bits per heavy atom. The molecule has 0 aliphatic carbocycles. The Hall–Kier alpha value is -1.85. The lowest BCUT2D eigenvalue weighted by molar-refractivity contribution is -0.132. The molecule has 1 aliphatic rings. The van der Waals surface area contributed by atoms with Crippen LogP contribution in [0.25, 0.3) is 0 Å². The van der Waals surface area contributed by atoms with E-state index in [1.165, 1.54) is 16.1 Å². The number of thiophene rings is 1. The Balaban J connectivity index is 1.60. The normalized spacial score (nSPS) is 17.0. The van der Waals surface area contributed by atoms with Gasteiger partial charge in [0.1, 0.15) is 0 Å². The summed E-state index contributed by atoms with van der Waals surface area (Å²) in [6.45, 7) is 4.34. The summed E-state index contributed by atoms with van der Waals surface area (Å²) in [6.07, 6.45) is 2.11. The number of carbonyl (C=O) groups excluding carboxylic acids is 1. The second-order valence-corrected chi connectivity index (χ2v) is 8.25. The summed E-state index contributed by atoms with van der Waals surface area (Å²) in [5.74, 6) is 0.193. The largest absolute Gasteiger partial charge is 0.378 e. The fourth-order valence-corrected chi connectivity index (χ4v) is 4.60. The van der Waals surface area contributed by atoms with Crippen LogP contribution in [0, 0.1) is 0 Å². The number of rotatable bonds is 6. The first-order valence-corrected chi connectivity index (χ1v) is 10.2. The Morgan fingerprint density at radius 2 is 1.92 bits per heavy atom. The van der Waals surface area contributed by atoms with Gasteiger partial charge in [-0.25, -0.2) is 0 Å². The molecular weight excluding hydrogens is 342 g/mol. The average molecular weight is 372 g/mol. The van der Waals surface area contributed by atoms with Crippen molar-refractivity contribution in [1.82, 2.24) is 9.80 Å². The van der Waals surface area contributed by atoms with Gasteiger partial charge in [-0.15, -0.1) is 11.3 Å². The van der Waals surface area contributed by atoms with E-state index in [4.69, 9.17) is 0 Å². The van der Waals surface area contributed by atoms with Crippen LogP contribution in [-0.4, -0.2) is 49.9 Å². The van der Waals surface area contributed by atoms with E-state index in [-0.39, 0.29) is 5.91 Å². The molecule has 0 fully saturated rings. The van der Waals surface area contributed by atoms with Gasteiger partial charge in [0.25, 0.3) is 0 Å². The van der Waals surface area contributed by atoms with E-state index in [1.807, 2.05) is 37.4 Å². The van der Waals surface area contributed by atoms with E-state index >= 15 is 0 Å². The average Bonchev–Trinajstić information content (AvgIpc) is 3.10. The van der Waals surface area contributed by atoms with Crippen LogP contribution in [-0.2, 0) is 17.8 Å². The molecule has 1 aliphatic heterocycles. The molecule has 1 amide bonds. The summed E-state index contributed by atoms with van der Waals surface area (Å²) in [7, 11) is 5.97. The van der Waals surface area contributed by atoms with Crippen LogP contribution in [0.4, 0.5) is 5.69 Å². The lowest BCUT2D eigenvalue weighted by Crippen LogP contribution is -2.42. The van der Waals surface area contributed by atoms with Crippen molar-refractivity contribution in [2.75, 3.05) is 39.1 Å². The number of benzene rings is 1. The summed E-state index contributed by atoms with van der Waals surface area (Å²) < 4.78 is 0. The zero-order valence-corrected chi connectivity index (χ0v) is 17.1. The first-order valence-electron chi connectivity index (χ1n) is 9.30. The maximum absolute atomic E-state index is 12.8. The topological polar surface area (TPSA) is 26.8 Å². The minimum atomic E-state index is 0.193. The van der Waals surface area contributed by atoms with Gasteiger partial charge in [0.15, 0.2) is 0 Å². The van der Waals surface area contributed by atoms with Crippen LogP contribution in [0.15, 0.2) is 35.7 Å². The van der Waals surface area contributed by atoms with Gasteiger partial charge in [0, 0.05) is 50.8 Å². The summed E-state index contributed by atoms with van der Waals surface area (Å²) in [6, 6.07) is 11.0. The fraction of sp³-hybridized carbons (Fsp3) is 0.476. The summed E-state index contributed by atoms with van der Waals surface area (Å²) >= 11 is 1.85. The highest BCUT2D eigenvalue weighted by atomic mass is 32.1. The maximum atomic E-state index is 12.8. The zero-order chi connectivity index (χ0) is 18.7. The third kappa shape index (κ3) is 4.10. The number of amides is 1. The van der Waals surface area contributed by atoms with Crippen molar-refractivity contribution in [2.45, 2.75) is 32.4 Å². The molecule has 0 spiro atoms. The summed E-state index contributed by atoms with van der Waals surface area (Å²) in [5.41, 5.74) is 3.77. The monoisotopic (exact) mass is 371 g/mol. The number of anilines is 1. The van der Waals surface area contributed by atoms with Crippen molar-refractivity contribution in [3.05, 3.63) is 51.7 Å². The van der Waals surface area contributed by atoms with E-state index in [0.717, 1.165) is 24.9 Å². The van der Waals surface area contributed by atoms with Crippen molar-refractivity contribution >= 4 is 22.9 Å². The van der Waals surface area contributed by atoms with Crippen LogP contribution in [0.3, 0.4) is 0 Å². The third-order valence-electron chi connectivity index (χ3n) is 5.23. The van der Waals surface area contributed by atoms with Crippen LogP contribution in [0.5, 0.6) is 0 Å². The van der Waals surface area contributed by atoms with E-state index in [2.05, 4.69) is 52.4 Å². The quantitative estimate of drug-likeness (QED) is 0.773. The molecule has 26 heavy (non-hydrogen) atoms. The summed E-state index contributed by atoms with van der Waals surface area (Å²) in [4.78, 5) is 20.6. The number of likely N-dealkylation sites (N-methyl/N-ethyl adjacent to an activating group) is 1. The minimum absolute atomic E-state index is 0.193. The number of hydrogen-bond donors (Lipinski definition) is 0.